The summed E-state index contributed by atoms with van der Waals surface area (Å²) in [5.74, 6) is 0.449. The lowest BCUT2D eigenvalue weighted by atomic mass is 10.2. The molecule has 0 atom stereocenters. The smallest absolute Gasteiger partial charge is 0.255 e. The standard InChI is InChI=1S/C11H11ClINO2/c1-16-10-5-9(13)8(12)4-7(10)11(15)14-6-2-3-6/h4-6H,2-3H2,1H3,(H,14,15). The molecule has 0 bridgehead atoms. The van der Waals surface area contributed by atoms with E-state index in [9.17, 15) is 4.79 Å². The summed E-state index contributed by atoms with van der Waals surface area (Å²) in [6, 6.07) is 3.75. The van der Waals surface area contributed by atoms with Crippen molar-refractivity contribution in [3.05, 3.63) is 26.3 Å². The second kappa shape index (κ2) is 4.79. The summed E-state index contributed by atoms with van der Waals surface area (Å²) in [6.07, 6.45) is 2.12. The molecule has 1 aromatic rings. The van der Waals surface area contributed by atoms with Gasteiger partial charge in [-0.3, -0.25) is 4.79 Å². The normalized spacial score (nSPS) is 14.7. The van der Waals surface area contributed by atoms with Gasteiger partial charge in [0, 0.05) is 9.61 Å². The number of carbonyl (C=O) groups excluding carboxylic acids is 1. The van der Waals surface area contributed by atoms with E-state index in [4.69, 9.17) is 16.3 Å². The van der Waals surface area contributed by atoms with Gasteiger partial charge in [-0.25, -0.2) is 0 Å². The highest BCUT2D eigenvalue weighted by molar-refractivity contribution is 14.1. The van der Waals surface area contributed by atoms with Gasteiger partial charge in [-0.1, -0.05) is 11.6 Å². The lowest BCUT2D eigenvalue weighted by Crippen LogP contribution is -2.25. The molecule has 0 aromatic heterocycles. The second-order valence-electron chi connectivity index (χ2n) is 3.71. The zero-order valence-corrected chi connectivity index (χ0v) is 11.6. The third-order valence-electron chi connectivity index (χ3n) is 2.40. The minimum Gasteiger partial charge on any atom is -0.496 e. The molecule has 1 N–H and O–H groups in total. The molecule has 1 aromatic carbocycles. The molecule has 0 saturated heterocycles. The highest BCUT2D eigenvalue weighted by Crippen LogP contribution is 2.29. The van der Waals surface area contributed by atoms with Crippen LogP contribution in [0.1, 0.15) is 23.2 Å². The maximum Gasteiger partial charge on any atom is 0.255 e. The predicted octanol–water partition coefficient (Wildman–Crippen LogP) is 2.85. The van der Waals surface area contributed by atoms with Crippen LogP contribution < -0.4 is 10.1 Å². The average molecular weight is 352 g/mol. The number of amides is 1. The Balaban J connectivity index is 2.29. The van der Waals surface area contributed by atoms with Crippen LogP contribution in [0.25, 0.3) is 0 Å². The Morgan fingerprint density at radius 2 is 2.25 bits per heavy atom. The average Bonchev–Trinajstić information content (AvgIpc) is 3.05. The van der Waals surface area contributed by atoms with E-state index in [2.05, 4.69) is 27.9 Å². The minimum absolute atomic E-state index is 0.113. The number of nitrogens with one attached hydrogen (secondary N) is 1. The Kier molecular flexibility index (Phi) is 3.59. The third-order valence-corrected chi connectivity index (χ3v) is 3.92. The number of benzene rings is 1. The maximum absolute atomic E-state index is 11.9. The molecule has 5 heteroatoms. The van der Waals surface area contributed by atoms with E-state index in [0.717, 1.165) is 16.4 Å². The Labute approximate surface area is 113 Å². The number of ether oxygens (including phenoxy) is 1. The van der Waals surface area contributed by atoms with Crippen LogP contribution in [0.2, 0.25) is 5.02 Å². The second-order valence-corrected chi connectivity index (χ2v) is 5.28. The van der Waals surface area contributed by atoms with Crippen LogP contribution in [0.5, 0.6) is 5.75 Å². The van der Waals surface area contributed by atoms with Gasteiger partial charge >= 0.3 is 0 Å². The van der Waals surface area contributed by atoms with Crippen molar-refractivity contribution in [2.75, 3.05) is 7.11 Å². The van der Waals surface area contributed by atoms with Crippen LogP contribution in [-0.2, 0) is 0 Å². The quantitative estimate of drug-likeness (QED) is 0.851. The van der Waals surface area contributed by atoms with Crippen molar-refractivity contribution in [1.29, 1.82) is 0 Å². The molecular formula is C11H11ClINO2. The van der Waals surface area contributed by atoms with E-state index in [0.29, 0.717) is 22.4 Å². The first-order valence-electron chi connectivity index (χ1n) is 4.95. The van der Waals surface area contributed by atoms with Crippen LogP contribution in [-0.4, -0.2) is 19.1 Å². The fourth-order valence-corrected chi connectivity index (χ4v) is 1.97. The molecule has 2 rings (SSSR count). The molecule has 1 fully saturated rings. The molecule has 3 nitrogen and oxygen atoms in total. The molecule has 0 heterocycles. The van der Waals surface area contributed by atoms with Crippen molar-refractivity contribution in [2.45, 2.75) is 18.9 Å². The van der Waals surface area contributed by atoms with Gasteiger partial charge in [0.05, 0.1) is 17.7 Å². The molecule has 86 valence electrons. The summed E-state index contributed by atoms with van der Waals surface area (Å²) >= 11 is 8.10. The van der Waals surface area contributed by atoms with Gasteiger partial charge < -0.3 is 10.1 Å². The van der Waals surface area contributed by atoms with Crippen molar-refractivity contribution >= 4 is 40.1 Å². The SMILES string of the molecule is COc1cc(I)c(Cl)cc1C(=O)NC1CC1. The monoisotopic (exact) mass is 351 g/mol. The molecule has 1 saturated carbocycles. The van der Waals surface area contributed by atoms with Gasteiger partial charge in [-0.2, -0.15) is 0 Å². The summed E-state index contributed by atoms with van der Waals surface area (Å²) in [7, 11) is 1.55. The molecular weight excluding hydrogens is 340 g/mol. The van der Waals surface area contributed by atoms with Gasteiger partial charge in [0.1, 0.15) is 5.75 Å². The van der Waals surface area contributed by atoms with Crippen molar-refractivity contribution in [3.63, 3.8) is 0 Å². The van der Waals surface area contributed by atoms with E-state index < -0.39 is 0 Å². The van der Waals surface area contributed by atoms with Crippen LogP contribution >= 0.6 is 34.2 Å². The van der Waals surface area contributed by atoms with Crippen molar-refractivity contribution in [2.24, 2.45) is 0 Å². The lowest BCUT2D eigenvalue weighted by Gasteiger charge is -2.10. The number of hydrogen-bond acceptors (Lipinski definition) is 2. The first kappa shape index (κ1) is 12.0. The zero-order valence-electron chi connectivity index (χ0n) is 8.72. The van der Waals surface area contributed by atoms with Crippen LogP contribution in [0.15, 0.2) is 12.1 Å². The first-order chi connectivity index (χ1) is 7.61. The number of carbonyl (C=O) groups is 1. The largest absolute Gasteiger partial charge is 0.496 e. The molecule has 0 radical (unpaired) electrons. The Bertz CT molecular complexity index is 432. The summed E-state index contributed by atoms with van der Waals surface area (Å²) in [5.41, 5.74) is 0.500. The number of rotatable bonds is 3. The topological polar surface area (TPSA) is 38.3 Å². The van der Waals surface area contributed by atoms with E-state index in [1.807, 2.05) is 0 Å². The Morgan fingerprint density at radius 1 is 1.56 bits per heavy atom. The van der Waals surface area contributed by atoms with E-state index in [1.54, 1.807) is 19.2 Å². The highest BCUT2D eigenvalue weighted by atomic mass is 127. The van der Waals surface area contributed by atoms with Crippen LogP contribution in [0, 0.1) is 3.57 Å². The van der Waals surface area contributed by atoms with Crippen molar-refractivity contribution in [3.8, 4) is 5.75 Å². The minimum atomic E-state index is -0.113. The van der Waals surface area contributed by atoms with Crippen LogP contribution in [0.4, 0.5) is 0 Å². The Morgan fingerprint density at radius 3 is 2.81 bits per heavy atom. The lowest BCUT2D eigenvalue weighted by molar-refractivity contribution is 0.0948. The first-order valence-corrected chi connectivity index (χ1v) is 6.41. The fraction of sp³-hybridized carbons (Fsp3) is 0.364. The molecule has 1 aliphatic carbocycles. The van der Waals surface area contributed by atoms with Gasteiger partial charge in [0.2, 0.25) is 0 Å². The van der Waals surface area contributed by atoms with Crippen molar-refractivity contribution < 1.29 is 9.53 Å². The summed E-state index contributed by atoms with van der Waals surface area (Å²) in [5, 5.41) is 3.48. The Hall–Kier alpha value is -0.490. The maximum atomic E-state index is 11.9. The zero-order chi connectivity index (χ0) is 11.7. The van der Waals surface area contributed by atoms with E-state index in [-0.39, 0.29) is 5.91 Å². The number of methoxy groups -OCH3 is 1. The summed E-state index contributed by atoms with van der Waals surface area (Å²) < 4.78 is 6.05. The van der Waals surface area contributed by atoms with Gasteiger partial charge in [0.15, 0.2) is 0 Å². The van der Waals surface area contributed by atoms with E-state index >= 15 is 0 Å². The summed E-state index contributed by atoms with van der Waals surface area (Å²) in [6.45, 7) is 0. The molecule has 16 heavy (non-hydrogen) atoms. The molecule has 1 aliphatic rings. The molecule has 0 spiro atoms. The fourth-order valence-electron chi connectivity index (χ4n) is 1.37. The van der Waals surface area contributed by atoms with Gasteiger partial charge in [-0.15, -0.1) is 0 Å². The van der Waals surface area contributed by atoms with Crippen molar-refractivity contribution in [1.82, 2.24) is 5.32 Å². The molecule has 0 unspecified atom stereocenters. The highest BCUT2D eigenvalue weighted by Gasteiger charge is 2.25. The van der Waals surface area contributed by atoms with Crippen LogP contribution in [0.3, 0.4) is 0 Å². The molecule has 1 amide bonds. The van der Waals surface area contributed by atoms with Gasteiger partial charge in [-0.05, 0) is 47.6 Å². The van der Waals surface area contributed by atoms with Gasteiger partial charge in [0.25, 0.3) is 5.91 Å². The number of halogens is 2. The predicted molar refractivity (Wildman–Crippen MR) is 71.2 cm³/mol. The van der Waals surface area contributed by atoms with E-state index in [1.165, 1.54) is 0 Å². The summed E-state index contributed by atoms with van der Waals surface area (Å²) in [4.78, 5) is 11.9. The third kappa shape index (κ3) is 2.60. The number of hydrogen-bond donors (Lipinski definition) is 1. The molecule has 0 aliphatic heterocycles.